The zero-order chi connectivity index (χ0) is 15.1. The number of nitrogens with zero attached hydrogens (tertiary/aromatic N) is 2. The molecule has 110 valence electrons. The van der Waals surface area contributed by atoms with Crippen molar-refractivity contribution >= 4 is 44.1 Å². The Morgan fingerprint density at radius 3 is 2.55 bits per heavy atom. The van der Waals surface area contributed by atoms with Gasteiger partial charge in [0.1, 0.15) is 5.82 Å². The van der Waals surface area contributed by atoms with E-state index in [4.69, 9.17) is 23.2 Å². The molecule has 0 N–H and O–H groups in total. The Balaban J connectivity index is 2.61. The fraction of sp³-hybridized carbons (Fsp3) is 0.462. The lowest BCUT2D eigenvalue weighted by Crippen LogP contribution is -2.36. The molecule has 20 heavy (non-hydrogen) atoms. The van der Waals surface area contributed by atoms with Crippen LogP contribution in [0.5, 0.6) is 0 Å². The molecule has 2 rings (SSSR count). The Morgan fingerprint density at radius 1 is 1.35 bits per heavy atom. The topological polar surface area (TPSA) is 52.0 Å². The van der Waals surface area contributed by atoms with Gasteiger partial charge < -0.3 is 4.57 Å². The van der Waals surface area contributed by atoms with E-state index < -0.39 is 14.6 Å². The first-order chi connectivity index (χ1) is 9.15. The highest BCUT2D eigenvalue weighted by Gasteiger charge is 2.32. The highest BCUT2D eigenvalue weighted by Crippen LogP contribution is 2.26. The number of sulfone groups is 1. The Labute approximate surface area is 128 Å². The molecule has 0 atom stereocenters. The van der Waals surface area contributed by atoms with Crippen LogP contribution in [0.15, 0.2) is 18.2 Å². The van der Waals surface area contributed by atoms with Crippen molar-refractivity contribution < 1.29 is 8.42 Å². The van der Waals surface area contributed by atoms with Gasteiger partial charge in [-0.05, 0) is 32.0 Å². The number of alkyl halides is 1. The summed E-state index contributed by atoms with van der Waals surface area (Å²) in [6, 6.07) is 5.33. The highest BCUT2D eigenvalue weighted by molar-refractivity contribution is 7.92. The summed E-state index contributed by atoms with van der Waals surface area (Å²) in [4.78, 5) is 4.42. The van der Waals surface area contributed by atoms with Crippen molar-refractivity contribution in [3.05, 3.63) is 29.0 Å². The normalized spacial score (nSPS) is 13.1. The molecule has 0 radical (unpaired) electrons. The number of benzene rings is 1. The molecular formula is C13H16Cl2N2O2S. The first-order valence-corrected chi connectivity index (χ1v) is 8.86. The molecular weight excluding hydrogens is 319 g/mol. The predicted octanol–water partition coefficient (Wildman–Crippen LogP) is 3.25. The largest absolute Gasteiger partial charge is 0.325 e. The molecule has 0 aliphatic rings. The molecule has 1 heterocycles. The van der Waals surface area contributed by atoms with Gasteiger partial charge in [-0.15, -0.1) is 11.6 Å². The van der Waals surface area contributed by atoms with Crippen LogP contribution in [0.4, 0.5) is 0 Å². The maximum absolute atomic E-state index is 11.9. The second kappa shape index (κ2) is 5.20. The minimum atomic E-state index is -3.21. The van der Waals surface area contributed by atoms with Gasteiger partial charge >= 0.3 is 0 Å². The molecule has 0 saturated carbocycles. The summed E-state index contributed by atoms with van der Waals surface area (Å²) >= 11 is 11.9. The van der Waals surface area contributed by atoms with E-state index in [0.29, 0.717) is 10.8 Å². The molecule has 0 unspecified atom stereocenters. The lowest BCUT2D eigenvalue weighted by Gasteiger charge is -2.24. The standard InChI is InChI=1S/C13H16Cl2N2O2S/c1-13(2,20(3,18)19)8-17-11-6-9(15)4-5-10(11)16-12(17)7-14/h4-6H,7-8H2,1-3H3. The minimum Gasteiger partial charge on any atom is -0.325 e. The van der Waals surface area contributed by atoms with Crippen molar-refractivity contribution in [1.82, 2.24) is 9.55 Å². The molecule has 7 heteroatoms. The number of halogens is 2. The van der Waals surface area contributed by atoms with Crippen molar-refractivity contribution in [2.75, 3.05) is 6.26 Å². The summed E-state index contributed by atoms with van der Waals surface area (Å²) in [6.07, 6.45) is 1.24. The van der Waals surface area contributed by atoms with Crippen LogP contribution in [0.25, 0.3) is 11.0 Å². The molecule has 1 aromatic heterocycles. The van der Waals surface area contributed by atoms with E-state index in [0.717, 1.165) is 11.0 Å². The number of hydrogen-bond donors (Lipinski definition) is 0. The van der Waals surface area contributed by atoms with Crippen LogP contribution in [-0.4, -0.2) is 29.0 Å². The van der Waals surface area contributed by atoms with Gasteiger partial charge in [-0.2, -0.15) is 0 Å². The first-order valence-electron chi connectivity index (χ1n) is 6.06. The molecule has 2 aromatic rings. The van der Waals surface area contributed by atoms with Gasteiger partial charge in [0, 0.05) is 17.8 Å². The Bertz CT molecular complexity index is 751. The van der Waals surface area contributed by atoms with Crippen LogP contribution in [0.1, 0.15) is 19.7 Å². The lowest BCUT2D eigenvalue weighted by atomic mass is 10.2. The van der Waals surface area contributed by atoms with Crippen molar-refractivity contribution in [1.29, 1.82) is 0 Å². The molecule has 0 fully saturated rings. The van der Waals surface area contributed by atoms with Crippen LogP contribution < -0.4 is 0 Å². The smallest absolute Gasteiger partial charge is 0.154 e. The molecule has 0 aliphatic carbocycles. The van der Waals surface area contributed by atoms with E-state index in [2.05, 4.69) is 4.98 Å². The van der Waals surface area contributed by atoms with Crippen LogP contribution in [0.2, 0.25) is 5.02 Å². The molecule has 4 nitrogen and oxygen atoms in total. The van der Waals surface area contributed by atoms with Gasteiger partial charge in [0.25, 0.3) is 0 Å². The molecule has 0 bridgehead atoms. The molecule has 0 saturated heterocycles. The first kappa shape index (κ1) is 15.6. The lowest BCUT2D eigenvalue weighted by molar-refractivity contribution is 0.503. The van der Waals surface area contributed by atoms with Crippen molar-refractivity contribution in [2.45, 2.75) is 31.0 Å². The van der Waals surface area contributed by atoms with E-state index >= 15 is 0 Å². The van der Waals surface area contributed by atoms with Crippen molar-refractivity contribution in [3.8, 4) is 0 Å². The summed E-state index contributed by atoms with van der Waals surface area (Å²) in [5, 5.41) is 0.580. The average Bonchev–Trinajstić information content (AvgIpc) is 2.65. The van der Waals surface area contributed by atoms with Crippen molar-refractivity contribution in [2.24, 2.45) is 0 Å². The maximum Gasteiger partial charge on any atom is 0.154 e. The van der Waals surface area contributed by atoms with Crippen LogP contribution in [0, 0.1) is 0 Å². The highest BCUT2D eigenvalue weighted by atomic mass is 35.5. The third-order valence-electron chi connectivity index (χ3n) is 3.45. The second-order valence-corrected chi connectivity index (χ2v) is 8.77. The molecule has 0 aliphatic heterocycles. The summed E-state index contributed by atoms with van der Waals surface area (Å²) in [7, 11) is -3.21. The molecule has 0 amide bonds. The third-order valence-corrected chi connectivity index (χ3v) is 6.06. The fourth-order valence-corrected chi connectivity index (χ4v) is 2.66. The van der Waals surface area contributed by atoms with E-state index in [9.17, 15) is 8.42 Å². The maximum atomic E-state index is 11.9. The third kappa shape index (κ3) is 2.80. The summed E-state index contributed by atoms with van der Waals surface area (Å²) in [5.74, 6) is 0.854. The van der Waals surface area contributed by atoms with Gasteiger partial charge in [-0.25, -0.2) is 13.4 Å². The number of imidazole rings is 1. The summed E-state index contributed by atoms with van der Waals surface area (Å²) < 4.78 is 24.7. The number of hydrogen-bond acceptors (Lipinski definition) is 3. The van der Waals surface area contributed by atoms with Gasteiger partial charge in [-0.3, -0.25) is 0 Å². The van der Waals surface area contributed by atoms with Gasteiger partial charge in [0.15, 0.2) is 9.84 Å². The second-order valence-electron chi connectivity index (χ2n) is 5.41. The van der Waals surface area contributed by atoms with E-state index in [-0.39, 0.29) is 12.4 Å². The summed E-state index contributed by atoms with van der Waals surface area (Å²) in [5.41, 5.74) is 1.55. The minimum absolute atomic E-state index is 0.214. The monoisotopic (exact) mass is 334 g/mol. The number of fused-ring (bicyclic) bond motifs is 1. The SMILES string of the molecule is CC(C)(Cn1c(CCl)nc2ccc(Cl)cc21)S(C)(=O)=O. The van der Waals surface area contributed by atoms with Crippen LogP contribution in [-0.2, 0) is 22.3 Å². The van der Waals surface area contributed by atoms with E-state index in [1.165, 1.54) is 6.26 Å². The van der Waals surface area contributed by atoms with Crippen molar-refractivity contribution in [3.63, 3.8) is 0 Å². The summed E-state index contributed by atoms with van der Waals surface area (Å²) in [6.45, 7) is 3.66. The fourth-order valence-electron chi connectivity index (χ4n) is 1.92. The quantitative estimate of drug-likeness (QED) is 0.806. The number of aromatic nitrogens is 2. The predicted molar refractivity (Wildman–Crippen MR) is 83.2 cm³/mol. The van der Waals surface area contributed by atoms with E-state index in [1.54, 1.807) is 32.0 Å². The van der Waals surface area contributed by atoms with Gasteiger partial charge in [-0.1, -0.05) is 11.6 Å². The van der Waals surface area contributed by atoms with Gasteiger partial charge in [0.2, 0.25) is 0 Å². The Kier molecular flexibility index (Phi) is 4.06. The van der Waals surface area contributed by atoms with Gasteiger partial charge in [0.05, 0.1) is 21.7 Å². The van der Waals surface area contributed by atoms with Crippen LogP contribution >= 0.6 is 23.2 Å². The Hall–Kier alpha value is -0.780. The van der Waals surface area contributed by atoms with E-state index in [1.807, 2.05) is 4.57 Å². The number of rotatable bonds is 4. The Morgan fingerprint density at radius 2 is 2.00 bits per heavy atom. The zero-order valence-corrected chi connectivity index (χ0v) is 13.8. The molecule has 0 spiro atoms. The average molecular weight is 335 g/mol. The molecule has 1 aromatic carbocycles. The van der Waals surface area contributed by atoms with Crippen LogP contribution in [0.3, 0.4) is 0 Å². The zero-order valence-electron chi connectivity index (χ0n) is 11.5.